The maximum absolute atomic E-state index is 6.64. The van der Waals surface area contributed by atoms with Crippen molar-refractivity contribution >= 4 is 10.9 Å². The Balaban J connectivity index is 1.69. The first-order chi connectivity index (χ1) is 14.9. The van der Waals surface area contributed by atoms with E-state index >= 15 is 0 Å². The van der Waals surface area contributed by atoms with Crippen LogP contribution in [0.1, 0.15) is 74.4 Å². The molecule has 1 aliphatic heterocycles. The van der Waals surface area contributed by atoms with E-state index in [0.717, 1.165) is 38.5 Å². The molecule has 0 radical (unpaired) electrons. The number of benzene rings is 2. The van der Waals surface area contributed by atoms with Crippen LogP contribution < -0.4 is 0 Å². The van der Waals surface area contributed by atoms with E-state index in [0.29, 0.717) is 0 Å². The van der Waals surface area contributed by atoms with Gasteiger partial charge in [-0.2, -0.15) is 0 Å². The Hall–Kier alpha value is -2.10. The van der Waals surface area contributed by atoms with Crippen molar-refractivity contribution in [3.8, 4) is 0 Å². The first-order valence-electron chi connectivity index (χ1n) is 11.9. The highest BCUT2D eigenvalue weighted by Crippen LogP contribution is 2.42. The largest absolute Gasteiger partial charge is 0.369 e. The topological polar surface area (TPSA) is 28.3 Å². The fourth-order valence-electron chi connectivity index (χ4n) is 5.55. The number of hydrogen-bond donors (Lipinski definition) is 1. The molecule has 0 fully saturated rings. The van der Waals surface area contributed by atoms with E-state index < -0.39 is 0 Å². The van der Waals surface area contributed by atoms with Crippen LogP contribution in [0.5, 0.6) is 0 Å². The number of aryl methyl sites for hydroxylation is 2. The zero-order chi connectivity index (χ0) is 22.0. The molecule has 31 heavy (non-hydrogen) atoms. The van der Waals surface area contributed by atoms with Gasteiger partial charge < -0.3 is 9.72 Å². The molecule has 166 valence electrons. The van der Waals surface area contributed by atoms with Gasteiger partial charge in [-0.1, -0.05) is 55.3 Å². The summed E-state index contributed by atoms with van der Waals surface area (Å²) in [5, 5.41) is 1.38. The van der Waals surface area contributed by atoms with Crippen LogP contribution in [0.4, 0.5) is 0 Å². The molecule has 4 rings (SSSR count). The van der Waals surface area contributed by atoms with Gasteiger partial charge in [0.1, 0.15) is 0 Å². The van der Waals surface area contributed by atoms with Gasteiger partial charge >= 0.3 is 0 Å². The van der Waals surface area contributed by atoms with Crippen molar-refractivity contribution < 1.29 is 4.74 Å². The van der Waals surface area contributed by atoms with Crippen LogP contribution in [0.25, 0.3) is 10.9 Å². The number of ether oxygens (including phenoxy) is 1. The summed E-state index contributed by atoms with van der Waals surface area (Å²) in [6, 6.07) is 17.8. The highest BCUT2D eigenvalue weighted by Gasteiger charge is 2.36. The highest BCUT2D eigenvalue weighted by molar-refractivity contribution is 5.85. The molecule has 1 aromatic heterocycles. The van der Waals surface area contributed by atoms with Crippen molar-refractivity contribution in [3.63, 3.8) is 0 Å². The van der Waals surface area contributed by atoms with Crippen LogP contribution in [0.3, 0.4) is 0 Å². The lowest BCUT2D eigenvalue weighted by atomic mass is 9.79. The van der Waals surface area contributed by atoms with Gasteiger partial charge in [0.05, 0.1) is 12.2 Å². The Morgan fingerprint density at radius 2 is 1.87 bits per heavy atom. The number of H-pyrrole nitrogens is 1. The van der Waals surface area contributed by atoms with Crippen molar-refractivity contribution in [1.82, 2.24) is 9.88 Å². The lowest BCUT2D eigenvalue weighted by molar-refractivity contribution is -0.0195. The Kier molecular flexibility index (Phi) is 6.55. The minimum atomic E-state index is 0.0255. The van der Waals surface area contributed by atoms with Crippen molar-refractivity contribution in [2.45, 2.75) is 77.0 Å². The molecule has 3 atom stereocenters. The van der Waals surface area contributed by atoms with E-state index in [1.165, 1.54) is 33.3 Å². The highest BCUT2D eigenvalue weighted by atomic mass is 16.5. The smallest absolute Gasteiger partial charge is 0.0980 e. The van der Waals surface area contributed by atoms with Crippen molar-refractivity contribution in [2.75, 3.05) is 14.1 Å². The molecule has 0 amide bonds. The predicted octanol–water partition coefficient (Wildman–Crippen LogP) is 6.91. The minimum absolute atomic E-state index is 0.0255. The SMILES string of the molecule is CCCC(CCC1OC(C)CCc2c1[nH]c1ccc(C)cc21)(c1ccccc1)N(C)C. The summed E-state index contributed by atoms with van der Waals surface area (Å²) in [6.07, 6.45) is 6.94. The van der Waals surface area contributed by atoms with Crippen molar-refractivity contribution in [3.05, 3.63) is 70.9 Å². The Morgan fingerprint density at radius 3 is 2.58 bits per heavy atom. The zero-order valence-corrected chi connectivity index (χ0v) is 19.9. The average Bonchev–Trinajstić information content (AvgIpc) is 3.03. The summed E-state index contributed by atoms with van der Waals surface area (Å²) >= 11 is 0. The fraction of sp³-hybridized carbons (Fsp3) is 0.500. The van der Waals surface area contributed by atoms with E-state index in [9.17, 15) is 0 Å². The first-order valence-corrected chi connectivity index (χ1v) is 11.9. The first kappa shape index (κ1) is 22.1. The molecule has 0 saturated carbocycles. The van der Waals surface area contributed by atoms with E-state index in [1.54, 1.807) is 0 Å². The van der Waals surface area contributed by atoms with E-state index in [1.807, 2.05) is 0 Å². The van der Waals surface area contributed by atoms with Crippen LogP contribution in [-0.2, 0) is 16.7 Å². The van der Waals surface area contributed by atoms with Gasteiger partial charge in [-0.05, 0) is 83.3 Å². The quantitative estimate of drug-likeness (QED) is 0.452. The van der Waals surface area contributed by atoms with E-state index in [2.05, 4.69) is 93.3 Å². The Bertz CT molecular complexity index is 1010. The molecule has 1 aliphatic rings. The molecule has 0 saturated heterocycles. The van der Waals surface area contributed by atoms with E-state index in [-0.39, 0.29) is 17.7 Å². The second kappa shape index (κ2) is 9.18. The molecule has 3 unspecified atom stereocenters. The predicted molar refractivity (Wildman–Crippen MR) is 131 cm³/mol. The summed E-state index contributed by atoms with van der Waals surface area (Å²) in [4.78, 5) is 6.18. The molecule has 3 aromatic rings. The standard InChI is InChI=1S/C28H38N2O/c1-6-17-28(30(4)5,22-10-8-7-9-11-22)18-16-26-27-23(14-13-21(3)31-26)24-19-20(2)12-15-25(24)29-27/h7-12,15,19,21,26,29H,6,13-14,16-18H2,1-5H3. The molecule has 0 bridgehead atoms. The Labute approximate surface area is 187 Å². The third-order valence-corrected chi connectivity index (χ3v) is 7.26. The van der Waals surface area contributed by atoms with Gasteiger partial charge in [0.2, 0.25) is 0 Å². The normalized spacial score (nSPS) is 21.1. The molecule has 1 N–H and O–H groups in total. The van der Waals surface area contributed by atoms with Gasteiger partial charge in [0.15, 0.2) is 0 Å². The van der Waals surface area contributed by atoms with Crippen LogP contribution >= 0.6 is 0 Å². The number of hydrogen-bond acceptors (Lipinski definition) is 2. The molecule has 2 heterocycles. The van der Waals surface area contributed by atoms with Gasteiger partial charge in [-0.25, -0.2) is 0 Å². The number of aromatic amines is 1. The van der Waals surface area contributed by atoms with Gasteiger partial charge in [0, 0.05) is 22.1 Å². The number of rotatable bonds is 7. The Morgan fingerprint density at radius 1 is 1.10 bits per heavy atom. The number of nitrogens with one attached hydrogen (secondary N) is 1. The average molecular weight is 419 g/mol. The van der Waals surface area contributed by atoms with Crippen LogP contribution in [0.15, 0.2) is 48.5 Å². The third kappa shape index (κ3) is 4.31. The lowest BCUT2D eigenvalue weighted by Gasteiger charge is -2.42. The monoisotopic (exact) mass is 418 g/mol. The van der Waals surface area contributed by atoms with Crippen LogP contribution in [0, 0.1) is 6.92 Å². The number of fused-ring (bicyclic) bond motifs is 3. The summed E-state index contributed by atoms with van der Waals surface area (Å²) < 4.78 is 6.64. The fourth-order valence-corrected chi connectivity index (χ4v) is 5.55. The molecular formula is C28H38N2O. The van der Waals surface area contributed by atoms with Gasteiger partial charge in [-0.15, -0.1) is 0 Å². The number of aromatic nitrogens is 1. The van der Waals surface area contributed by atoms with Crippen LogP contribution in [0.2, 0.25) is 0 Å². The summed E-state index contributed by atoms with van der Waals surface area (Å²) in [6.45, 7) is 6.71. The summed E-state index contributed by atoms with van der Waals surface area (Å²) in [7, 11) is 4.47. The second-order valence-electron chi connectivity index (χ2n) is 9.62. The molecule has 0 aliphatic carbocycles. The third-order valence-electron chi connectivity index (χ3n) is 7.26. The van der Waals surface area contributed by atoms with Gasteiger partial charge in [-0.3, -0.25) is 4.90 Å². The number of nitrogens with zero attached hydrogens (tertiary/aromatic N) is 1. The van der Waals surface area contributed by atoms with Crippen molar-refractivity contribution in [2.24, 2.45) is 0 Å². The van der Waals surface area contributed by atoms with E-state index in [4.69, 9.17) is 4.74 Å². The molecule has 3 heteroatoms. The second-order valence-corrected chi connectivity index (χ2v) is 9.62. The lowest BCUT2D eigenvalue weighted by Crippen LogP contribution is -2.41. The molecule has 2 aromatic carbocycles. The molecular weight excluding hydrogens is 380 g/mol. The molecule has 3 nitrogen and oxygen atoms in total. The maximum atomic E-state index is 6.64. The summed E-state index contributed by atoms with van der Waals surface area (Å²) in [5.41, 5.74) is 6.78. The van der Waals surface area contributed by atoms with Gasteiger partial charge in [0.25, 0.3) is 0 Å². The maximum Gasteiger partial charge on any atom is 0.0980 e. The minimum Gasteiger partial charge on any atom is -0.369 e. The van der Waals surface area contributed by atoms with Crippen molar-refractivity contribution in [1.29, 1.82) is 0 Å². The zero-order valence-electron chi connectivity index (χ0n) is 19.9. The van der Waals surface area contributed by atoms with Crippen LogP contribution in [-0.4, -0.2) is 30.1 Å². The summed E-state index contributed by atoms with van der Waals surface area (Å²) in [5.74, 6) is 0. The molecule has 0 spiro atoms.